The zero-order valence-electron chi connectivity index (χ0n) is 6.78. The van der Waals surface area contributed by atoms with Crippen LogP contribution in [0.15, 0.2) is 30.3 Å². The number of carbonyl (C=O) groups is 1. The molecule has 3 heteroatoms. The van der Waals surface area contributed by atoms with Crippen LogP contribution in [0.5, 0.6) is 5.75 Å². The van der Waals surface area contributed by atoms with Crippen LogP contribution in [0.2, 0.25) is 0 Å². The molecule has 12 heavy (non-hydrogen) atoms. The molecule has 0 aliphatic carbocycles. The largest absolute Gasteiger partial charge is 0.412 e. The first-order chi connectivity index (χ1) is 5.83. The van der Waals surface area contributed by atoms with Crippen molar-refractivity contribution in [3.63, 3.8) is 0 Å². The highest BCUT2D eigenvalue weighted by Crippen LogP contribution is 2.07. The number of nitrogens with one attached hydrogen (secondary N) is 1. The maximum Gasteiger partial charge on any atom is 0.412 e. The molecule has 0 spiro atoms. The number of para-hydroxylation sites is 1. The molecule has 1 radical (unpaired) electrons. The Morgan fingerprint density at radius 2 is 2.08 bits per heavy atom. The van der Waals surface area contributed by atoms with Crippen LogP contribution in [-0.4, -0.2) is 6.09 Å². The first kappa shape index (κ1) is 8.59. The number of carbonyl (C=O) groups excluding carboxylic acids is 1. The Balaban J connectivity index is 2.47. The molecule has 0 heterocycles. The standard InChI is InChI=1S/C9H10NO2/c1-2-10-9(11)12-8-6-4-3-5-7-8/h2-7H,1H3,(H,10,11). The molecule has 3 nitrogen and oxygen atoms in total. The number of hydrogen-bond acceptors (Lipinski definition) is 2. The van der Waals surface area contributed by atoms with E-state index in [9.17, 15) is 4.79 Å². The second-order valence-electron chi connectivity index (χ2n) is 2.14. The minimum Gasteiger partial charge on any atom is -0.410 e. The summed E-state index contributed by atoms with van der Waals surface area (Å²) in [6.45, 7) is 3.23. The number of amides is 1. The monoisotopic (exact) mass is 164 g/mol. The zero-order chi connectivity index (χ0) is 8.81. The molecule has 0 atom stereocenters. The molecule has 0 saturated carbocycles. The summed E-state index contributed by atoms with van der Waals surface area (Å²) >= 11 is 0. The summed E-state index contributed by atoms with van der Waals surface area (Å²) in [6.07, 6.45) is -0.469. The highest BCUT2D eigenvalue weighted by atomic mass is 16.5. The molecule has 1 rings (SSSR count). The maximum atomic E-state index is 10.8. The van der Waals surface area contributed by atoms with E-state index in [1.807, 2.05) is 6.07 Å². The van der Waals surface area contributed by atoms with Crippen LogP contribution in [0.3, 0.4) is 0 Å². The fourth-order valence-electron chi connectivity index (χ4n) is 0.743. The van der Waals surface area contributed by atoms with Crippen LogP contribution < -0.4 is 10.1 Å². The predicted molar refractivity (Wildman–Crippen MR) is 45.6 cm³/mol. The van der Waals surface area contributed by atoms with E-state index < -0.39 is 6.09 Å². The SMILES string of the molecule is C[CH]NC(=O)Oc1ccccc1. The van der Waals surface area contributed by atoms with Crippen molar-refractivity contribution in [2.45, 2.75) is 6.92 Å². The molecule has 1 aromatic rings. The van der Waals surface area contributed by atoms with Gasteiger partial charge in [0, 0.05) is 6.54 Å². The number of benzene rings is 1. The van der Waals surface area contributed by atoms with Crippen LogP contribution in [0.25, 0.3) is 0 Å². The van der Waals surface area contributed by atoms with Crippen LogP contribution in [0.1, 0.15) is 6.92 Å². The molecule has 1 N–H and O–H groups in total. The smallest absolute Gasteiger partial charge is 0.410 e. The van der Waals surface area contributed by atoms with E-state index in [-0.39, 0.29) is 0 Å². The van der Waals surface area contributed by atoms with Gasteiger partial charge in [0.05, 0.1) is 0 Å². The molecule has 0 saturated heterocycles. The molecular formula is C9H10NO2. The first-order valence-electron chi connectivity index (χ1n) is 3.64. The second-order valence-corrected chi connectivity index (χ2v) is 2.14. The minimum atomic E-state index is -0.469. The van der Waals surface area contributed by atoms with Crippen molar-refractivity contribution >= 4 is 6.09 Å². The Bertz CT molecular complexity index is 246. The van der Waals surface area contributed by atoms with Crippen molar-refractivity contribution in [2.24, 2.45) is 0 Å². The highest BCUT2D eigenvalue weighted by Gasteiger charge is 1.99. The van der Waals surface area contributed by atoms with E-state index >= 15 is 0 Å². The van der Waals surface area contributed by atoms with Gasteiger partial charge in [-0.3, -0.25) is 0 Å². The van der Waals surface area contributed by atoms with Gasteiger partial charge in [0.25, 0.3) is 0 Å². The summed E-state index contributed by atoms with van der Waals surface area (Å²) < 4.78 is 4.87. The average Bonchev–Trinajstić information content (AvgIpc) is 2.06. The zero-order valence-corrected chi connectivity index (χ0v) is 6.78. The summed E-state index contributed by atoms with van der Waals surface area (Å²) in [4.78, 5) is 10.8. The van der Waals surface area contributed by atoms with Crippen molar-refractivity contribution in [1.29, 1.82) is 0 Å². The van der Waals surface area contributed by atoms with Gasteiger partial charge in [0.2, 0.25) is 0 Å². The molecule has 0 bridgehead atoms. The lowest BCUT2D eigenvalue weighted by atomic mass is 10.3. The van der Waals surface area contributed by atoms with Crippen molar-refractivity contribution in [3.05, 3.63) is 36.9 Å². The summed E-state index contributed by atoms with van der Waals surface area (Å²) in [6, 6.07) is 8.90. The Morgan fingerprint density at radius 3 is 2.67 bits per heavy atom. The second kappa shape index (κ2) is 4.38. The van der Waals surface area contributed by atoms with Crippen molar-refractivity contribution in [2.75, 3.05) is 0 Å². The predicted octanol–water partition coefficient (Wildman–Crippen LogP) is 1.96. The van der Waals surface area contributed by atoms with Gasteiger partial charge in [0.1, 0.15) is 5.75 Å². The molecule has 0 fully saturated rings. The van der Waals surface area contributed by atoms with Gasteiger partial charge < -0.3 is 10.1 Å². The summed E-state index contributed by atoms with van der Waals surface area (Å²) in [5.41, 5.74) is 0. The Hall–Kier alpha value is -1.51. The summed E-state index contributed by atoms with van der Waals surface area (Å²) in [5, 5.41) is 2.41. The fraction of sp³-hybridized carbons (Fsp3) is 0.111. The van der Waals surface area contributed by atoms with E-state index in [0.29, 0.717) is 5.75 Å². The average molecular weight is 164 g/mol. The van der Waals surface area contributed by atoms with E-state index in [4.69, 9.17) is 4.74 Å². The van der Waals surface area contributed by atoms with E-state index in [2.05, 4.69) is 5.32 Å². The quantitative estimate of drug-likeness (QED) is 0.725. The lowest BCUT2D eigenvalue weighted by Gasteiger charge is -2.02. The van der Waals surface area contributed by atoms with Crippen LogP contribution >= 0.6 is 0 Å². The van der Waals surface area contributed by atoms with Crippen LogP contribution in [-0.2, 0) is 0 Å². The Morgan fingerprint density at radius 1 is 1.42 bits per heavy atom. The Labute approximate surface area is 71.4 Å². The Kier molecular flexibility index (Phi) is 3.14. The molecule has 0 unspecified atom stereocenters. The van der Waals surface area contributed by atoms with E-state index in [1.54, 1.807) is 31.2 Å². The summed E-state index contributed by atoms with van der Waals surface area (Å²) in [7, 11) is 0. The molecule has 0 aromatic heterocycles. The lowest BCUT2D eigenvalue weighted by Crippen LogP contribution is -2.23. The third-order valence-corrected chi connectivity index (χ3v) is 1.22. The van der Waals surface area contributed by atoms with E-state index in [0.717, 1.165) is 0 Å². The fourth-order valence-corrected chi connectivity index (χ4v) is 0.743. The molecule has 1 amide bonds. The van der Waals surface area contributed by atoms with Crippen LogP contribution in [0.4, 0.5) is 4.79 Å². The minimum absolute atomic E-state index is 0.469. The van der Waals surface area contributed by atoms with Crippen molar-refractivity contribution in [3.8, 4) is 5.75 Å². The maximum absolute atomic E-state index is 10.8. The molecule has 0 aliphatic rings. The van der Waals surface area contributed by atoms with Crippen molar-refractivity contribution < 1.29 is 9.53 Å². The third-order valence-electron chi connectivity index (χ3n) is 1.22. The van der Waals surface area contributed by atoms with Gasteiger partial charge in [-0.15, -0.1) is 0 Å². The molecule has 1 aromatic carbocycles. The van der Waals surface area contributed by atoms with Gasteiger partial charge >= 0.3 is 6.09 Å². The lowest BCUT2D eigenvalue weighted by molar-refractivity contribution is 0.203. The number of rotatable bonds is 2. The van der Waals surface area contributed by atoms with Gasteiger partial charge in [-0.1, -0.05) is 18.2 Å². The normalized spacial score (nSPS) is 9.08. The summed E-state index contributed by atoms with van der Waals surface area (Å²) in [5.74, 6) is 0.539. The topological polar surface area (TPSA) is 38.3 Å². The van der Waals surface area contributed by atoms with Gasteiger partial charge in [-0.2, -0.15) is 0 Å². The highest BCUT2D eigenvalue weighted by molar-refractivity contribution is 5.70. The van der Waals surface area contributed by atoms with Crippen LogP contribution in [0, 0.1) is 6.54 Å². The van der Waals surface area contributed by atoms with Gasteiger partial charge in [0.15, 0.2) is 0 Å². The van der Waals surface area contributed by atoms with E-state index in [1.165, 1.54) is 6.54 Å². The van der Waals surface area contributed by atoms with Gasteiger partial charge in [-0.05, 0) is 19.1 Å². The first-order valence-corrected chi connectivity index (χ1v) is 3.64. The molecular weight excluding hydrogens is 154 g/mol. The van der Waals surface area contributed by atoms with Gasteiger partial charge in [-0.25, -0.2) is 4.79 Å². The number of hydrogen-bond donors (Lipinski definition) is 1. The molecule has 63 valence electrons. The molecule has 0 aliphatic heterocycles. The third kappa shape index (κ3) is 2.62. The van der Waals surface area contributed by atoms with Crippen molar-refractivity contribution in [1.82, 2.24) is 5.32 Å². The number of ether oxygens (including phenoxy) is 1.